The van der Waals surface area contributed by atoms with Crippen LogP contribution >= 0.6 is 24.0 Å². The number of hydrogen-bond donors (Lipinski definition) is 1. The summed E-state index contributed by atoms with van der Waals surface area (Å²) >= 11 is 6.21. The molecule has 124 valence electrons. The molecule has 0 radical (unpaired) electrons. The Labute approximate surface area is 143 Å². The highest BCUT2D eigenvalue weighted by Gasteiger charge is 2.29. The molecule has 2 N–H and O–H groups in total. The first-order valence-electron chi connectivity index (χ1n) is 7.39. The zero-order valence-corrected chi connectivity index (χ0v) is 14.6. The van der Waals surface area contributed by atoms with Crippen molar-refractivity contribution in [1.82, 2.24) is 4.90 Å². The molecule has 2 atom stereocenters. The quantitative estimate of drug-likeness (QED) is 0.911. The van der Waals surface area contributed by atoms with Gasteiger partial charge in [0.05, 0.1) is 19.2 Å². The van der Waals surface area contributed by atoms with E-state index >= 15 is 0 Å². The minimum Gasteiger partial charge on any atom is -0.370 e. The lowest BCUT2D eigenvalue weighted by Gasteiger charge is -2.35. The van der Waals surface area contributed by atoms with Crippen LogP contribution < -0.4 is 5.73 Å². The molecular formula is C16H24Cl2N2O2. The lowest BCUT2D eigenvalue weighted by Crippen LogP contribution is -2.49. The Morgan fingerprint density at radius 1 is 1.45 bits per heavy atom. The van der Waals surface area contributed by atoms with Gasteiger partial charge < -0.3 is 15.4 Å². The van der Waals surface area contributed by atoms with Gasteiger partial charge in [-0.25, -0.2) is 0 Å². The molecule has 0 bridgehead atoms. The summed E-state index contributed by atoms with van der Waals surface area (Å²) in [5.74, 6) is 0.411. The number of benzene rings is 1. The predicted octanol–water partition coefficient (Wildman–Crippen LogP) is 3.04. The molecule has 0 saturated carbocycles. The van der Waals surface area contributed by atoms with Crippen molar-refractivity contribution in [3.05, 3.63) is 34.9 Å². The summed E-state index contributed by atoms with van der Waals surface area (Å²) in [5, 5.41) is 0.670. The highest BCUT2D eigenvalue weighted by molar-refractivity contribution is 6.31. The molecule has 1 fully saturated rings. The number of nitrogens with two attached hydrogens (primary N) is 1. The van der Waals surface area contributed by atoms with Crippen LogP contribution in [0.1, 0.15) is 31.9 Å². The van der Waals surface area contributed by atoms with Crippen molar-refractivity contribution in [3.63, 3.8) is 0 Å². The molecule has 0 aliphatic carbocycles. The van der Waals surface area contributed by atoms with Gasteiger partial charge in [0.25, 0.3) is 0 Å². The van der Waals surface area contributed by atoms with Gasteiger partial charge in [-0.15, -0.1) is 12.4 Å². The standard InChI is InChI=1S/C16H23ClN2O2.ClH/c1-11(2)9-14(18)16(20)19-7-8-21-15(10-19)12-5-3-4-6-13(12)17;/h3-6,11,14-15H,7-10,18H2,1-2H3;1H/t14-,15?;/m0./s1. The number of hydrogen-bond acceptors (Lipinski definition) is 3. The summed E-state index contributed by atoms with van der Waals surface area (Å²) < 4.78 is 5.77. The normalized spacial score (nSPS) is 19.7. The van der Waals surface area contributed by atoms with Crippen molar-refractivity contribution in [1.29, 1.82) is 0 Å². The highest BCUT2D eigenvalue weighted by Crippen LogP contribution is 2.28. The summed E-state index contributed by atoms with van der Waals surface area (Å²) in [5.41, 5.74) is 6.93. The van der Waals surface area contributed by atoms with Gasteiger partial charge in [0.2, 0.25) is 5.91 Å². The van der Waals surface area contributed by atoms with E-state index in [2.05, 4.69) is 13.8 Å². The van der Waals surface area contributed by atoms with Crippen LogP contribution in [0.2, 0.25) is 5.02 Å². The third-order valence-corrected chi connectivity index (χ3v) is 4.02. The third kappa shape index (κ3) is 4.85. The van der Waals surface area contributed by atoms with E-state index in [9.17, 15) is 4.79 Å². The lowest BCUT2D eigenvalue weighted by atomic mass is 10.0. The first-order chi connectivity index (χ1) is 9.99. The molecule has 1 unspecified atom stereocenters. The third-order valence-electron chi connectivity index (χ3n) is 3.67. The Morgan fingerprint density at radius 3 is 2.77 bits per heavy atom. The SMILES string of the molecule is CC(C)C[C@H](N)C(=O)N1CCOC(c2ccccc2Cl)C1.Cl. The molecule has 2 rings (SSSR count). The molecule has 1 saturated heterocycles. The number of amides is 1. The number of carbonyl (C=O) groups excluding carboxylic acids is 1. The molecule has 1 aromatic carbocycles. The van der Waals surface area contributed by atoms with Crippen molar-refractivity contribution in [2.75, 3.05) is 19.7 Å². The van der Waals surface area contributed by atoms with Gasteiger partial charge >= 0.3 is 0 Å². The van der Waals surface area contributed by atoms with Crippen molar-refractivity contribution >= 4 is 29.9 Å². The molecule has 0 aromatic heterocycles. The average molecular weight is 347 g/mol. The zero-order chi connectivity index (χ0) is 15.4. The largest absolute Gasteiger partial charge is 0.370 e. The van der Waals surface area contributed by atoms with Gasteiger partial charge in [-0.2, -0.15) is 0 Å². The summed E-state index contributed by atoms with van der Waals surface area (Å²) in [6.45, 7) is 5.74. The average Bonchev–Trinajstić information content (AvgIpc) is 2.46. The number of carbonyl (C=O) groups is 1. The molecular weight excluding hydrogens is 323 g/mol. The maximum Gasteiger partial charge on any atom is 0.239 e. The van der Waals surface area contributed by atoms with Gasteiger partial charge in [0, 0.05) is 17.1 Å². The maximum absolute atomic E-state index is 12.4. The highest BCUT2D eigenvalue weighted by atomic mass is 35.5. The summed E-state index contributed by atoms with van der Waals surface area (Å²) in [6.07, 6.45) is 0.523. The monoisotopic (exact) mass is 346 g/mol. The molecule has 1 aliphatic rings. The fraction of sp³-hybridized carbons (Fsp3) is 0.562. The van der Waals surface area contributed by atoms with E-state index in [1.54, 1.807) is 4.90 Å². The van der Waals surface area contributed by atoms with Crippen LogP contribution in [0.25, 0.3) is 0 Å². The Hall–Kier alpha value is -0.810. The van der Waals surface area contributed by atoms with E-state index in [-0.39, 0.29) is 24.4 Å². The summed E-state index contributed by atoms with van der Waals surface area (Å²) in [7, 11) is 0. The number of morpholine rings is 1. The maximum atomic E-state index is 12.4. The smallest absolute Gasteiger partial charge is 0.239 e. The van der Waals surface area contributed by atoms with Gasteiger partial charge in [0.15, 0.2) is 0 Å². The summed E-state index contributed by atoms with van der Waals surface area (Å²) in [6, 6.07) is 7.15. The van der Waals surface area contributed by atoms with Gasteiger partial charge in [0.1, 0.15) is 6.10 Å². The zero-order valence-electron chi connectivity index (χ0n) is 13.0. The van der Waals surface area contributed by atoms with Crippen LogP contribution in [-0.4, -0.2) is 36.5 Å². The molecule has 1 amide bonds. The van der Waals surface area contributed by atoms with Crippen molar-refractivity contribution in [2.24, 2.45) is 11.7 Å². The van der Waals surface area contributed by atoms with Crippen LogP contribution in [0.5, 0.6) is 0 Å². The van der Waals surface area contributed by atoms with Crippen LogP contribution in [0, 0.1) is 5.92 Å². The second-order valence-corrected chi connectivity index (χ2v) is 6.31. The first kappa shape index (κ1) is 19.2. The fourth-order valence-corrected chi connectivity index (χ4v) is 2.87. The van der Waals surface area contributed by atoms with Crippen LogP contribution in [0.3, 0.4) is 0 Å². The molecule has 4 nitrogen and oxygen atoms in total. The van der Waals surface area contributed by atoms with Gasteiger partial charge in [-0.05, 0) is 18.4 Å². The molecule has 1 aliphatic heterocycles. The Bertz CT molecular complexity index is 497. The minimum absolute atomic E-state index is 0. The second-order valence-electron chi connectivity index (χ2n) is 5.90. The van der Waals surface area contributed by atoms with Crippen LogP contribution in [0.4, 0.5) is 0 Å². The van der Waals surface area contributed by atoms with E-state index in [4.69, 9.17) is 22.1 Å². The number of halogens is 2. The minimum atomic E-state index is -0.435. The Balaban J connectivity index is 0.00000242. The number of ether oxygens (including phenoxy) is 1. The van der Waals surface area contributed by atoms with E-state index in [0.29, 0.717) is 37.1 Å². The molecule has 1 aromatic rings. The molecule has 0 spiro atoms. The topological polar surface area (TPSA) is 55.6 Å². The van der Waals surface area contributed by atoms with E-state index in [1.165, 1.54) is 0 Å². The predicted molar refractivity (Wildman–Crippen MR) is 91.4 cm³/mol. The van der Waals surface area contributed by atoms with Gasteiger partial charge in [-0.1, -0.05) is 43.6 Å². The molecule has 6 heteroatoms. The lowest BCUT2D eigenvalue weighted by molar-refractivity contribution is -0.140. The van der Waals surface area contributed by atoms with Crippen LogP contribution in [0.15, 0.2) is 24.3 Å². The molecule has 1 heterocycles. The molecule has 22 heavy (non-hydrogen) atoms. The van der Waals surface area contributed by atoms with Crippen molar-refractivity contribution in [2.45, 2.75) is 32.4 Å². The van der Waals surface area contributed by atoms with Crippen molar-refractivity contribution in [3.8, 4) is 0 Å². The Morgan fingerprint density at radius 2 is 2.14 bits per heavy atom. The van der Waals surface area contributed by atoms with E-state index in [1.807, 2.05) is 24.3 Å². The number of rotatable bonds is 4. The summed E-state index contributed by atoms with van der Waals surface area (Å²) in [4.78, 5) is 14.2. The van der Waals surface area contributed by atoms with Crippen molar-refractivity contribution < 1.29 is 9.53 Å². The second kappa shape index (κ2) is 8.73. The van der Waals surface area contributed by atoms with E-state index < -0.39 is 6.04 Å². The number of nitrogens with zero attached hydrogens (tertiary/aromatic N) is 1. The van der Waals surface area contributed by atoms with E-state index in [0.717, 1.165) is 5.56 Å². The van der Waals surface area contributed by atoms with Crippen LogP contribution in [-0.2, 0) is 9.53 Å². The Kier molecular flexibility index (Phi) is 7.63. The fourth-order valence-electron chi connectivity index (χ4n) is 2.62. The first-order valence-corrected chi connectivity index (χ1v) is 7.77. The van der Waals surface area contributed by atoms with Gasteiger partial charge in [-0.3, -0.25) is 4.79 Å².